The van der Waals surface area contributed by atoms with Crippen LogP contribution in [0.5, 0.6) is 11.5 Å². The predicted molar refractivity (Wildman–Crippen MR) is 102 cm³/mol. The van der Waals surface area contributed by atoms with Gasteiger partial charge < -0.3 is 9.47 Å². The SMILES string of the molecule is COc1cc2c(cc1OC)CN(CCS(=O)(=O)c1ccc(Cl)cc1)CC2. The zero-order valence-electron chi connectivity index (χ0n) is 14.9. The van der Waals surface area contributed by atoms with E-state index >= 15 is 0 Å². The van der Waals surface area contributed by atoms with Gasteiger partial charge in [-0.1, -0.05) is 11.6 Å². The van der Waals surface area contributed by atoms with Crippen LogP contribution in [0, 0.1) is 0 Å². The van der Waals surface area contributed by atoms with E-state index in [0.717, 1.165) is 24.3 Å². The minimum atomic E-state index is -3.32. The van der Waals surface area contributed by atoms with Crippen molar-refractivity contribution in [3.8, 4) is 11.5 Å². The molecule has 0 saturated carbocycles. The topological polar surface area (TPSA) is 55.8 Å². The summed E-state index contributed by atoms with van der Waals surface area (Å²) >= 11 is 5.83. The molecule has 0 radical (unpaired) electrons. The molecule has 0 saturated heterocycles. The Morgan fingerprint density at radius 3 is 2.27 bits per heavy atom. The van der Waals surface area contributed by atoms with Crippen molar-refractivity contribution in [1.82, 2.24) is 4.90 Å². The first kappa shape index (κ1) is 19.0. The van der Waals surface area contributed by atoms with Gasteiger partial charge in [0.05, 0.1) is 24.9 Å². The second kappa shape index (κ2) is 7.86. The summed E-state index contributed by atoms with van der Waals surface area (Å²) in [6.07, 6.45) is 0.858. The number of hydrogen-bond donors (Lipinski definition) is 0. The van der Waals surface area contributed by atoms with Crippen LogP contribution < -0.4 is 9.47 Å². The number of benzene rings is 2. The van der Waals surface area contributed by atoms with Crippen molar-refractivity contribution in [1.29, 1.82) is 0 Å². The Hall–Kier alpha value is -1.76. The average molecular weight is 396 g/mol. The van der Waals surface area contributed by atoms with E-state index in [1.54, 1.807) is 38.5 Å². The van der Waals surface area contributed by atoms with Crippen molar-refractivity contribution in [3.63, 3.8) is 0 Å². The number of rotatable bonds is 6. The first-order valence-corrected chi connectivity index (χ1v) is 10.4. The van der Waals surface area contributed by atoms with Crippen molar-refractivity contribution in [2.75, 3.05) is 33.1 Å². The van der Waals surface area contributed by atoms with Crippen LogP contribution in [0.1, 0.15) is 11.1 Å². The van der Waals surface area contributed by atoms with Crippen molar-refractivity contribution in [2.45, 2.75) is 17.9 Å². The Balaban J connectivity index is 1.68. The molecule has 2 aromatic rings. The Labute approximate surface area is 159 Å². The van der Waals surface area contributed by atoms with Crippen molar-refractivity contribution in [3.05, 3.63) is 52.5 Å². The second-order valence-corrected chi connectivity index (χ2v) is 8.82. The van der Waals surface area contributed by atoms with Gasteiger partial charge in [-0.2, -0.15) is 0 Å². The smallest absolute Gasteiger partial charge is 0.179 e. The van der Waals surface area contributed by atoms with Crippen LogP contribution in [0.3, 0.4) is 0 Å². The lowest BCUT2D eigenvalue weighted by Crippen LogP contribution is -2.34. The zero-order chi connectivity index (χ0) is 18.7. The number of fused-ring (bicyclic) bond motifs is 1. The molecule has 0 N–H and O–H groups in total. The summed E-state index contributed by atoms with van der Waals surface area (Å²) in [4.78, 5) is 2.47. The van der Waals surface area contributed by atoms with Gasteiger partial charge in [-0.05, 0) is 53.9 Å². The molecule has 0 aromatic heterocycles. The number of nitrogens with zero attached hydrogens (tertiary/aromatic N) is 1. The van der Waals surface area contributed by atoms with Crippen LogP contribution in [0.15, 0.2) is 41.3 Å². The first-order chi connectivity index (χ1) is 12.4. The standard InChI is InChI=1S/C19H22ClNO4S/c1-24-18-11-14-7-8-21(13-15(14)12-19(18)25-2)9-10-26(22,23)17-5-3-16(20)4-6-17/h3-6,11-12H,7-10,13H2,1-2H3. The number of sulfone groups is 1. The zero-order valence-corrected chi connectivity index (χ0v) is 16.4. The highest BCUT2D eigenvalue weighted by molar-refractivity contribution is 7.91. The van der Waals surface area contributed by atoms with Gasteiger partial charge in [-0.25, -0.2) is 8.42 Å². The van der Waals surface area contributed by atoms with Gasteiger partial charge in [0.15, 0.2) is 21.3 Å². The van der Waals surface area contributed by atoms with E-state index in [1.165, 1.54) is 5.56 Å². The molecule has 7 heteroatoms. The molecule has 0 atom stereocenters. The number of hydrogen-bond acceptors (Lipinski definition) is 5. The summed E-state index contributed by atoms with van der Waals surface area (Å²) in [5.41, 5.74) is 2.37. The third kappa shape index (κ3) is 4.14. The van der Waals surface area contributed by atoms with Gasteiger partial charge in [0.25, 0.3) is 0 Å². The quantitative estimate of drug-likeness (QED) is 0.751. The van der Waals surface area contributed by atoms with Gasteiger partial charge >= 0.3 is 0 Å². The Kier molecular flexibility index (Phi) is 5.75. The molecular formula is C19H22ClNO4S. The van der Waals surface area contributed by atoms with E-state index in [1.807, 2.05) is 12.1 Å². The molecular weight excluding hydrogens is 374 g/mol. The van der Waals surface area contributed by atoms with E-state index in [-0.39, 0.29) is 5.75 Å². The molecule has 0 spiro atoms. The molecule has 1 aliphatic heterocycles. The molecule has 140 valence electrons. The monoisotopic (exact) mass is 395 g/mol. The summed E-state index contributed by atoms with van der Waals surface area (Å²) in [6.45, 7) is 2.00. The maximum Gasteiger partial charge on any atom is 0.179 e. The third-order valence-electron chi connectivity index (χ3n) is 4.65. The lowest BCUT2D eigenvalue weighted by Gasteiger charge is -2.29. The Morgan fingerprint density at radius 1 is 1.04 bits per heavy atom. The third-order valence-corrected chi connectivity index (χ3v) is 6.61. The maximum absolute atomic E-state index is 12.5. The minimum Gasteiger partial charge on any atom is -0.493 e. The van der Waals surface area contributed by atoms with E-state index in [4.69, 9.17) is 21.1 Å². The van der Waals surface area contributed by atoms with E-state index in [9.17, 15) is 8.42 Å². The largest absolute Gasteiger partial charge is 0.493 e. The van der Waals surface area contributed by atoms with Crippen molar-refractivity contribution < 1.29 is 17.9 Å². The lowest BCUT2D eigenvalue weighted by molar-refractivity contribution is 0.267. The molecule has 2 aromatic carbocycles. The van der Waals surface area contributed by atoms with E-state index < -0.39 is 9.84 Å². The van der Waals surface area contributed by atoms with E-state index in [2.05, 4.69) is 4.90 Å². The molecule has 5 nitrogen and oxygen atoms in total. The molecule has 0 aliphatic carbocycles. The van der Waals surface area contributed by atoms with Crippen LogP contribution in [-0.2, 0) is 22.8 Å². The predicted octanol–water partition coefficient (Wildman–Crippen LogP) is 3.19. The van der Waals surface area contributed by atoms with Crippen molar-refractivity contribution in [2.24, 2.45) is 0 Å². The summed E-state index contributed by atoms with van der Waals surface area (Å²) in [5, 5.41) is 0.529. The second-order valence-electron chi connectivity index (χ2n) is 6.27. The molecule has 0 unspecified atom stereocenters. The number of methoxy groups -OCH3 is 2. The fourth-order valence-corrected chi connectivity index (χ4v) is 4.55. The number of halogens is 1. The molecule has 0 amide bonds. The van der Waals surface area contributed by atoms with Crippen LogP contribution in [0.25, 0.3) is 0 Å². The highest BCUT2D eigenvalue weighted by Gasteiger charge is 2.22. The molecule has 3 rings (SSSR count). The van der Waals surface area contributed by atoms with Crippen LogP contribution >= 0.6 is 11.6 Å². The average Bonchev–Trinajstić information content (AvgIpc) is 2.65. The lowest BCUT2D eigenvalue weighted by atomic mass is 9.99. The molecule has 0 fully saturated rings. The summed E-state index contributed by atoms with van der Waals surface area (Å²) < 4.78 is 35.7. The van der Waals surface area contributed by atoms with Gasteiger partial charge in [0.1, 0.15) is 0 Å². The molecule has 0 bridgehead atoms. The van der Waals surface area contributed by atoms with E-state index in [0.29, 0.717) is 28.8 Å². The molecule has 1 aliphatic rings. The van der Waals surface area contributed by atoms with Crippen molar-refractivity contribution >= 4 is 21.4 Å². The highest BCUT2D eigenvalue weighted by atomic mass is 35.5. The number of ether oxygens (including phenoxy) is 2. The molecule has 26 heavy (non-hydrogen) atoms. The maximum atomic E-state index is 12.5. The van der Waals surface area contributed by atoms with Gasteiger partial charge in [0.2, 0.25) is 0 Å². The fraction of sp³-hybridized carbons (Fsp3) is 0.368. The van der Waals surface area contributed by atoms with Crippen LogP contribution in [0.2, 0.25) is 5.02 Å². The highest BCUT2D eigenvalue weighted by Crippen LogP contribution is 2.33. The van der Waals surface area contributed by atoms with Crippen LogP contribution in [0.4, 0.5) is 0 Å². The minimum absolute atomic E-state index is 0.0806. The summed E-state index contributed by atoms with van der Waals surface area (Å²) in [7, 11) is -0.0817. The summed E-state index contributed by atoms with van der Waals surface area (Å²) in [5.74, 6) is 1.50. The summed E-state index contributed by atoms with van der Waals surface area (Å²) in [6, 6.07) is 10.3. The Bertz CT molecular complexity index is 881. The van der Waals surface area contributed by atoms with Gasteiger partial charge in [0, 0.05) is 24.7 Å². The first-order valence-electron chi connectivity index (χ1n) is 8.37. The molecule has 1 heterocycles. The van der Waals surface area contributed by atoms with Gasteiger partial charge in [-0.3, -0.25) is 4.90 Å². The van der Waals surface area contributed by atoms with Gasteiger partial charge in [-0.15, -0.1) is 0 Å². The Morgan fingerprint density at radius 2 is 1.65 bits per heavy atom. The normalized spacial score (nSPS) is 14.7. The fourth-order valence-electron chi connectivity index (χ4n) is 3.14. The van der Waals surface area contributed by atoms with Crippen LogP contribution in [-0.4, -0.2) is 46.4 Å².